The summed E-state index contributed by atoms with van der Waals surface area (Å²) in [6.45, 7) is 0.454. The number of carboxylic acids is 1. The predicted molar refractivity (Wildman–Crippen MR) is 74.5 cm³/mol. The lowest BCUT2D eigenvalue weighted by Crippen LogP contribution is -2.51. The molecule has 1 saturated heterocycles. The second-order valence-corrected chi connectivity index (χ2v) is 5.17. The molecule has 1 aliphatic heterocycles. The predicted octanol–water partition coefficient (Wildman–Crippen LogP) is -0.569. The molecule has 7 nitrogen and oxygen atoms in total. The molecule has 1 aromatic carbocycles. The highest BCUT2D eigenvalue weighted by atomic mass is 16.4. The Morgan fingerprint density at radius 1 is 1.29 bits per heavy atom. The zero-order chi connectivity index (χ0) is 15.5. The van der Waals surface area contributed by atoms with Crippen LogP contribution in [-0.2, 0) is 9.59 Å². The molecule has 0 aromatic heterocycles. The number of hydrogen-bond acceptors (Lipinski definition) is 5. The molecular formula is C14H17N3O4. The Bertz CT molecular complexity index is 561. The minimum Gasteiger partial charge on any atom is -0.480 e. The van der Waals surface area contributed by atoms with Gasteiger partial charge >= 0.3 is 5.97 Å². The third-order valence-corrected chi connectivity index (χ3v) is 3.46. The molecule has 1 aromatic rings. The lowest BCUT2D eigenvalue weighted by molar-refractivity contribution is -0.143. The standard InChI is InChI=1S/C14H17N3O4/c15-14(13(20)21)6-7-17(9-14)8-11(18)16-12(19)10-4-2-1-3-5-10/h1-5H,6-9,15H2,(H,20,21)(H,16,18,19). The highest BCUT2D eigenvalue weighted by molar-refractivity contribution is 6.05. The number of aliphatic carboxylic acids is 1. The molecule has 1 heterocycles. The van der Waals surface area contributed by atoms with Gasteiger partial charge in [-0.15, -0.1) is 0 Å². The molecule has 0 aliphatic carbocycles. The molecule has 4 N–H and O–H groups in total. The second-order valence-electron chi connectivity index (χ2n) is 5.17. The fraction of sp³-hybridized carbons (Fsp3) is 0.357. The van der Waals surface area contributed by atoms with E-state index in [4.69, 9.17) is 10.8 Å². The van der Waals surface area contributed by atoms with Crippen LogP contribution in [-0.4, -0.2) is 53.0 Å². The Morgan fingerprint density at radius 2 is 1.95 bits per heavy atom. The molecule has 0 saturated carbocycles. The van der Waals surface area contributed by atoms with E-state index in [9.17, 15) is 14.4 Å². The van der Waals surface area contributed by atoms with Crippen LogP contribution in [0.3, 0.4) is 0 Å². The van der Waals surface area contributed by atoms with Crippen LogP contribution in [0.4, 0.5) is 0 Å². The molecule has 0 bridgehead atoms. The fourth-order valence-electron chi connectivity index (χ4n) is 2.26. The Labute approximate surface area is 121 Å². The molecule has 2 rings (SSSR count). The molecular weight excluding hydrogens is 274 g/mol. The van der Waals surface area contributed by atoms with Gasteiger partial charge in [-0.25, -0.2) is 0 Å². The van der Waals surface area contributed by atoms with Gasteiger partial charge in [-0.05, 0) is 18.6 Å². The van der Waals surface area contributed by atoms with Crippen LogP contribution >= 0.6 is 0 Å². The van der Waals surface area contributed by atoms with Crippen LogP contribution < -0.4 is 11.1 Å². The van der Waals surface area contributed by atoms with Gasteiger partial charge in [-0.3, -0.25) is 24.6 Å². The van der Waals surface area contributed by atoms with Gasteiger partial charge in [-0.2, -0.15) is 0 Å². The second kappa shape index (κ2) is 6.02. The maximum absolute atomic E-state index is 11.8. The number of carboxylic acid groups (broad SMARTS) is 1. The van der Waals surface area contributed by atoms with E-state index < -0.39 is 23.3 Å². The van der Waals surface area contributed by atoms with Crippen molar-refractivity contribution in [3.63, 3.8) is 0 Å². The fourth-order valence-corrected chi connectivity index (χ4v) is 2.26. The van der Waals surface area contributed by atoms with Gasteiger partial charge in [-0.1, -0.05) is 18.2 Å². The molecule has 7 heteroatoms. The summed E-state index contributed by atoms with van der Waals surface area (Å²) in [5.41, 5.74) is 4.80. The first-order chi connectivity index (χ1) is 9.90. The first kappa shape index (κ1) is 15.1. The highest BCUT2D eigenvalue weighted by Crippen LogP contribution is 2.18. The molecule has 0 radical (unpaired) electrons. The van der Waals surface area contributed by atoms with Gasteiger partial charge < -0.3 is 10.8 Å². The number of nitrogens with two attached hydrogens (primary N) is 1. The number of likely N-dealkylation sites (tertiary alicyclic amines) is 1. The van der Waals surface area contributed by atoms with Crippen molar-refractivity contribution in [1.29, 1.82) is 0 Å². The van der Waals surface area contributed by atoms with E-state index in [2.05, 4.69) is 5.32 Å². The smallest absolute Gasteiger partial charge is 0.325 e. The van der Waals surface area contributed by atoms with Crippen LogP contribution in [0.25, 0.3) is 0 Å². The first-order valence-electron chi connectivity index (χ1n) is 6.54. The average Bonchev–Trinajstić information content (AvgIpc) is 2.82. The van der Waals surface area contributed by atoms with Crippen LogP contribution in [0, 0.1) is 0 Å². The van der Waals surface area contributed by atoms with E-state index in [0.29, 0.717) is 12.1 Å². The van der Waals surface area contributed by atoms with Gasteiger partial charge in [0.2, 0.25) is 5.91 Å². The Morgan fingerprint density at radius 3 is 2.52 bits per heavy atom. The summed E-state index contributed by atoms with van der Waals surface area (Å²) in [5, 5.41) is 11.3. The number of carbonyl (C=O) groups is 3. The Kier molecular flexibility index (Phi) is 4.35. The summed E-state index contributed by atoms with van der Waals surface area (Å²) in [7, 11) is 0. The summed E-state index contributed by atoms with van der Waals surface area (Å²) < 4.78 is 0. The number of nitrogens with zero attached hydrogens (tertiary/aromatic N) is 1. The van der Waals surface area contributed by atoms with Gasteiger partial charge in [0.1, 0.15) is 5.54 Å². The van der Waals surface area contributed by atoms with E-state index >= 15 is 0 Å². The lowest BCUT2D eigenvalue weighted by atomic mass is 10.0. The van der Waals surface area contributed by atoms with Gasteiger partial charge in [0.25, 0.3) is 5.91 Å². The summed E-state index contributed by atoms with van der Waals surface area (Å²) in [5.74, 6) is -2.03. The third-order valence-electron chi connectivity index (χ3n) is 3.46. The molecule has 0 spiro atoms. The monoisotopic (exact) mass is 291 g/mol. The van der Waals surface area contributed by atoms with Gasteiger partial charge in [0.15, 0.2) is 0 Å². The maximum atomic E-state index is 11.8. The van der Waals surface area contributed by atoms with E-state index in [-0.39, 0.29) is 19.5 Å². The number of hydrogen-bond donors (Lipinski definition) is 3. The Hall–Kier alpha value is -2.25. The minimum absolute atomic E-state index is 0.0508. The van der Waals surface area contributed by atoms with E-state index in [1.165, 1.54) is 0 Å². The quantitative estimate of drug-likeness (QED) is 0.685. The minimum atomic E-state index is -1.32. The third kappa shape index (κ3) is 3.65. The Balaban J connectivity index is 1.86. The zero-order valence-electron chi connectivity index (χ0n) is 11.4. The van der Waals surface area contributed by atoms with Crippen LogP contribution in [0.15, 0.2) is 30.3 Å². The molecule has 1 atom stereocenters. The van der Waals surface area contributed by atoms with Crippen molar-refractivity contribution in [2.45, 2.75) is 12.0 Å². The van der Waals surface area contributed by atoms with Crippen LogP contribution in [0.5, 0.6) is 0 Å². The zero-order valence-corrected chi connectivity index (χ0v) is 11.4. The summed E-state index contributed by atoms with van der Waals surface area (Å²) in [6.07, 6.45) is 0.280. The molecule has 21 heavy (non-hydrogen) atoms. The van der Waals surface area contributed by atoms with E-state index in [1.54, 1.807) is 35.2 Å². The normalized spacial score (nSPS) is 22.0. The molecule has 1 fully saturated rings. The van der Waals surface area contributed by atoms with E-state index in [0.717, 1.165) is 0 Å². The molecule has 1 unspecified atom stereocenters. The largest absolute Gasteiger partial charge is 0.480 e. The van der Waals surface area contributed by atoms with Crippen molar-refractivity contribution in [2.24, 2.45) is 5.73 Å². The van der Waals surface area contributed by atoms with E-state index in [1.807, 2.05) is 0 Å². The summed E-state index contributed by atoms with van der Waals surface area (Å²) in [4.78, 5) is 36.2. The number of amides is 2. The van der Waals surface area contributed by atoms with Crippen molar-refractivity contribution < 1.29 is 19.5 Å². The molecule has 112 valence electrons. The van der Waals surface area contributed by atoms with Crippen molar-refractivity contribution in [3.8, 4) is 0 Å². The lowest BCUT2D eigenvalue weighted by Gasteiger charge is -2.19. The van der Waals surface area contributed by atoms with Crippen LogP contribution in [0.1, 0.15) is 16.8 Å². The van der Waals surface area contributed by atoms with Crippen LogP contribution in [0.2, 0.25) is 0 Å². The molecule has 2 amide bonds. The highest BCUT2D eigenvalue weighted by Gasteiger charge is 2.41. The number of carbonyl (C=O) groups excluding carboxylic acids is 2. The van der Waals surface area contributed by atoms with Gasteiger partial charge in [0, 0.05) is 18.7 Å². The van der Waals surface area contributed by atoms with Crippen molar-refractivity contribution in [3.05, 3.63) is 35.9 Å². The molecule has 1 aliphatic rings. The van der Waals surface area contributed by atoms with Crippen molar-refractivity contribution >= 4 is 17.8 Å². The van der Waals surface area contributed by atoms with Gasteiger partial charge in [0.05, 0.1) is 6.54 Å². The number of rotatable bonds is 4. The average molecular weight is 291 g/mol. The number of benzene rings is 1. The first-order valence-corrected chi connectivity index (χ1v) is 6.54. The summed E-state index contributed by atoms with van der Waals surface area (Å²) >= 11 is 0. The van der Waals surface area contributed by atoms with Crippen molar-refractivity contribution in [2.75, 3.05) is 19.6 Å². The SMILES string of the molecule is NC1(C(=O)O)CCN(CC(=O)NC(=O)c2ccccc2)C1. The maximum Gasteiger partial charge on any atom is 0.325 e. The number of nitrogens with one attached hydrogen (secondary N) is 1. The number of imide groups is 1. The summed E-state index contributed by atoms with van der Waals surface area (Å²) in [6, 6.07) is 8.39. The van der Waals surface area contributed by atoms with Crippen molar-refractivity contribution in [1.82, 2.24) is 10.2 Å². The topological polar surface area (TPSA) is 113 Å².